The lowest BCUT2D eigenvalue weighted by atomic mass is 10.1. The first-order valence-corrected chi connectivity index (χ1v) is 15.9. The number of unbranched alkanes of at least 4 members (excludes halogenated alkanes) is 16. The SMILES string of the molecule is CCCCCCC[N+](CCCCCCC)(CCCCCCC)CCCCCCC.C[N+](C)(C)C.[Br-].[Br-]. The molecule has 36 heavy (non-hydrogen) atoms. The Morgan fingerprint density at radius 3 is 0.639 bits per heavy atom. The van der Waals surface area contributed by atoms with Crippen LogP contribution < -0.4 is 34.0 Å². The molecule has 0 amide bonds. The fourth-order valence-electron chi connectivity index (χ4n) is 4.87. The van der Waals surface area contributed by atoms with E-state index in [1.165, 1.54) is 159 Å². The summed E-state index contributed by atoms with van der Waals surface area (Å²) in [5.41, 5.74) is 0. The molecule has 0 spiro atoms. The maximum Gasteiger partial charge on any atom is 0.0786 e. The summed E-state index contributed by atoms with van der Waals surface area (Å²) < 4.78 is 2.47. The zero-order valence-corrected chi connectivity index (χ0v) is 29.8. The van der Waals surface area contributed by atoms with Gasteiger partial charge in [-0.1, -0.05) is 105 Å². The molecule has 0 aliphatic rings. The topological polar surface area (TPSA) is 0 Å². The van der Waals surface area contributed by atoms with E-state index in [0.717, 1.165) is 4.48 Å². The summed E-state index contributed by atoms with van der Waals surface area (Å²) in [5, 5.41) is 0. The van der Waals surface area contributed by atoms with E-state index in [2.05, 4.69) is 55.9 Å². The fraction of sp³-hybridized carbons (Fsp3) is 1.00. The molecule has 0 aromatic rings. The van der Waals surface area contributed by atoms with Gasteiger partial charge in [0, 0.05) is 0 Å². The molecule has 0 aromatic carbocycles. The second-order valence-electron chi connectivity index (χ2n) is 12.6. The van der Waals surface area contributed by atoms with Crippen molar-refractivity contribution in [2.45, 2.75) is 156 Å². The van der Waals surface area contributed by atoms with Crippen LogP contribution in [0.3, 0.4) is 0 Å². The first-order chi connectivity index (χ1) is 16.2. The number of hydrogen-bond donors (Lipinski definition) is 0. The van der Waals surface area contributed by atoms with Crippen molar-refractivity contribution in [1.82, 2.24) is 0 Å². The summed E-state index contributed by atoms with van der Waals surface area (Å²) in [4.78, 5) is 0. The summed E-state index contributed by atoms with van der Waals surface area (Å²) in [6, 6.07) is 0. The Bertz CT molecular complexity index is 315. The molecule has 0 radical (unpaired) electrons. The number of halogens is 2. The van der Waals surface area contributed by atoms with E-state index in [-0.39, 0.29) is 34.0 Å². The monoisotopic (exact) mass is 642 g/mol. The van der Waals surface area contributed by atoms with Crippen LogP contribution >= 0.6 is 0 Å². The van der Waals surface area contributed by atoms with Gasteiger partial charge in [-0.25, -0.2) is 0 Å². The third kappa shape index (κ3) is 37.0. The van der Waals surface area contributed by atoms with Gasteiger partial charge < -0.3 is 42.9 Å². The van der Waals surface area contributed by atoms with Crippen LogP contribution in [0.4, 0.5) is 0 Å². The quantitative estimate of drug-likeness (QED) is 0.110. The Morgan fingerprint density at radius 1 is 0.306 bits per heavy atom. The molecular weight excluding hydrogens is 572 g/mol. The lowest BCUT2D eigenvalue weighted by Crippen LogP contribution is -3.00. The average Bonchev–Trinajstić information content (AvgIpc) is 2.77. The number of quaternary nitrogens is 2. The van der Waals surface area contributed by atoms with Crippen LogP contribution in [0.25, 0.3) is 0 Å². The van der Waals surface area contributed by atoms with Crippen molar-refractivity contribution >= 4 is 0 Å². The minimum Gasteiger partial charge on any atom is -1.00 e. The molecule has 2 nitrogen and oxygen atoms in total. The first-order valence-electron chi connectivity index (χ1n) is 15.9. The highest BCUT2D eigenvalue weighted by atomic mass is 79.9. The largest absolute Gasteiger partial charge is 1.00 e. The van der Waals surface area contributed by atoms with E-state index < -0.39 is 0 Å². The predicted octanol–water partition coefficient (Wildman–Crippen LogP) is 4.02. The van der Waals surface area contributed by atoms with Crippen LogP contribution in [-0.2, 0) is 0 Å². The highest BCUT2D eigenvalue weighted by Gasteiger charge is 2.25. The van der Waals surface area contributed by atoms with Gasteiger partial charge >= 0.3 is 0 Å². The molecule has 0 bridgehead atoms. The highest BCUT2D eigenvalue weighted by Crippen LogP contribution is 2.20. The molecule has 0 saturated carbocycles. The highest BCUT2D eigenvalue weighted by molar-refractivity contribution is 4.54. The van der Waals surface area contributed by atoms with Gasteiger partial charge in [0.15, 0.2) is 0 Å². The number of rotatable bonds is 24. The summed E-state index contributed by atoms with van der Waals surface area (Å²) in [6.07, 6.45) is 28.8. The smallest absolute Gasteiger partial charge is 0.0786 e. The summed E-state index contributed by atoms with van der Waals surface area (Å²) in [7, 11) is 8.50. The first kappa shape index (κ1) is 43.9. The van der Waals surface area contributed by atoms with Crippen LogP contribution in [0, 0.1) is 0 Å². The zero-order valence-electron chi connectivity index (χ0n) is 26.6. The molecule has 0 aromatic heterocycles. The second kappa shape index (κ2) is 32.1. The second-order valence-corrected chi connectivity index (χ2v) is 12.6. The van der Waals surface area contributed by atoms with Gasteiger partial charge in [-0.3, -0.25) is 0 Å². The van der Waals surface area contributed by atoms with Crippen molar-refractivity contribution in [3.05, 3.63) is 0 Å². The van der Waals surface area contributed by atoms with E-state index in [4.69, 9.17) is 0 Å². The fourth-order valence-corrected chi connectivity index (χ4v) is 4.87. The summed E-state index contributed by atoms with van der Waals surface area (Å²) in [6.45, 7) is 15.2. The van der Waals surface area contributed by atoms with Crippen LogP contribution in [0.1, 0.15) is 156 Å². The molecule has 0 aliphatic heterocycles. The molecule has 224 valence electrons. The lowest BCUT2D eigenvalue weighted by Gasteiger charge is -2.39. The molecule has 0 saturated heterocycles. The van der Waals surface area contributed by atoms with Crippen molar-refractivity contribution in [2.24, 2.45) is 0 Å². The number of nitrogens with zero attached hydrogens (tertiary/aromatic N) is 2. The van der Waals surface area contributed by atoms with Gasteiger partial charge in [0.2, 0.25) is 0 Å². The van der Waals surface area contributed by atoms with Crippen LogP contribution in [0.2, 0.25) is 0 Å². The van der Waals surface area contributed by atoms with Crippen LogP contribution in [0.5, 0.6) is 0 Å². The van der Waals surface area contributed by atoms with Crippen molar-refractivity contribution in [3.8, 4) is 0 Å². The van der Waals surface area contributed by atoms with Crippen molar-refractivity contribution < 1.29 is 42.9 Å². The van der Waals surface area contributed by atoms with E-state index >= 15 is 0 Å². The van der Waals surface area contributed by atoms with Crippen molar-refractivity contribution in [1.29, 1.82) is 0 Å². The predicted molar refractivity (Wildman–Crippen MR) is 159 cm³/mol. The Labute approximate surface area is 252 Å². The summed E-state index contributed by atoms with van der Waals surface area (Å²) >= 11 is 0. The molecule has 0 aliphatic carbocycles. The standard InChI is InChI=1S/C28H60N.C4H12N.2BrH/c1-5-9-13-17-21-25-29(26-22-18-14-10-6-2,27-23-19-15-11-7-3)28-24-20-16-12-8-4;1-5(2,3)4;;/h5-28H2,1-4H3;1-4H3;2*1H/q2*+1;;/p-2. The molecule has 0 atom stereocenters. The molecular formula is C32H72Br2N2. The summed E-state index contributed by atoms with van der Waals surface area (Å²) in [5.74, 6) is 0. The van der Waals surface area contributed by atoms with Gasteiger partial charge in [-0.05, 0) is 51.4 Å². The molecule has 0 unspecified atom stereocenters. The Morgan fingerprint density at radius 2 is 0.472 bits per heavy atom. The van der Waals surface area contributed by atoms with E-state index in [9.17, 15) is 0 Å². The van der Waals surface area contributed by atoms with Gasteiger partial charge in [0.1, 0.15) is 0 Å². The number of hydrogen-bond acceptors (Lipinski definition) is 0. The minimum absolute atomic E-state index is 0. The molecule has 4 heteroatoms. The van der Waals surface area contributed by atoms with Gasteiger partial charge in [-0.2, -0.15) is 0 Å². The molecule has 0 N–H and O–H groups in total. The third-order valence-corrected chi connectivity index (χ3v) is 6.94. The van der Waals surface area contributed by atoms with Crippen LogP contribution in [0.15, 0.2) is 0 Å². The molecule has 0 fully saturated rings. The normalized spacial score (nSPS) is 11.3. The maximum absolute atomic E-state index is 2.34. The van der Waals surface area contributed by atoms with E-state index in [1.54, 1.807) is 0 Å². The lowest BCUT2D eigenvalue weighted by molar-refractivity contribution is -0.929. The van der Waals surface area contributed by atoms with Gasteiger partial charge in [0.25, 0.3) is 0 Å². The Balaban J connectivity index is -0.000000661. The van der Waals surface area contributed by atoms with E-state index in [0.29, 0.717) is 0 Å². The van der Waals surface area contributed by atoms with E-state index in [1.807, 2.05) is 0 Å². The molecule has 0 heterocycles. The van der Waals surface area contributed by atoms with Crippen molar-refractivity contribution in [3.63, 3.8) is 0 Å². The zero-order chi connectivity index (χ0) is 26.0. The molecule has 0 rings (SSSR count). The van der Waals surface area contributed by atoms with Crippen molar-refractivity contribution in [2.75, 3.05) is 54.4 Å². The average molecular weight is 645 g/mol. The minimum atomic E-state index is 0. The Hall–Kier alpha value is 0.880. The Kier molecular flexibility index (Phi) is 39.2. The third-order valence-electron chi connectivity index (χ3n) is 6.94. The van der Waals surface area contributed by atoms with Gasteiger partial charge in [-0.15, -0.1) is 0 Å². The maximum atomic E-state index is 2.34. The van der Waals surface area contributed by atoms with Gasteiger partial charge in [0.05, 0.1) is 54.4 Å². The van der Waals surface area contributed by atoms with Crippen LogP contribution in [-0.4, -0.2) is 63.3 Å².